The quantitative estimate of drug-likeness (QED) is 0.585. The summed E-state index contributed by atoms with van der Waals surface area (Å²) >= 11 is 11.9. The number of nitrogens with one attached hydrogen (secondary N) is 2. The molecule has 0 saturated heterocycles. The molecule has 0 atom stereocenters. The molecule has 0 aliphatic heterocycles. The van der Waals surface area contributed by atoms with E-state index in [1.54, 1.807) is 0 Å². The van der Waals surface area contributed by atoms with Crippen molar-refractivity contribution in [3.8, 4) is 0 Å². The van der Waals surface area contributed by atoms with Gasteiger partial charge in [0.25, 0.3) is 20.0 Å². The van der Waals surface area contributed by atoms with Gasteiger partial charge in [-0.25, -0.2) is 8.42 Å². The molecular weight excluding hydrogens is 447 g/mol. The summed E-state index contributed by atoms with van der Waals surface area (Å²) in [6, 6.07) is 11.4. The maximum absolute atomic E-state index is 12.5. The van der Waals surface area contributed by atoms with E-state index in [1.165, 1.54) is 66.5 Å². The number of aromatic nitrogens is 2. The molecule has 0 amide bonds. The Hall–Kier alpha value is -2.27. The molecule has 12 heteroatoms. The normalized spacial score (nSPS) is 12.0. The van der Waals surface area contributed by atoms with Gasteiger partial charge in [-0.15, -0.1) is 0 Å². The second-order valence-electron chi connectivity index (χ2n) is 5.63. The molecule has 0 spiro atoms. The fourth-order valence-electron chi connectivity index (χ4n) is 2.38. The lowest BCUT2D eigenvalue weighted by molar-refractivity contribution is 0.582. The molecule has 0 unspecified atom stereocenters. The molecule has 8 nitrogen and oxygen atoms in total. The Kier molecular flexibility index (Phi) is 5.57. The van der Waals surface area contributed by atoms with Crippen molar-refractivity contribution in [1.29, 1.82) is 0 Å². The highest BCUT2D eigenvalue weighted by atomic mass is 35.5. The van der Waals surface area contributed by atoms with Crippen LogP contribution in [0.5, 0.6) is 0 Å². The fourth-order valence-corrected chi connectivity index (χ4v) is 5.78. The third-order valence-corrected chi connectivity index (χ3v) is 7.42. The third kappa shape index (κ3) is 4.25. The number of hydrogen-bond donors (Lipinski definition) is 2. The Labute approximate surface area is 172 Å². The average molecular weight is 461 g/mol. The van der Waals surface area contributed by atoms with Gasteiger partial charge in [0.2, 0.25) is 0 Å². The molecule has 0 aliphatic carbocycles. The van der Waals surface area contributed by atoms with Crippen molar-refractivity contribution >= 4 is 54.6 Å². The van der Waals surface area contributed by atoms with E-state index in [0.717, 1.165) is 0 Å². The van der Waals surface area contributed by atoms with Gasteiger partial charge in [0.15, 0.2) is 5.03 Å². The molecule has 1 heterocycles. The summed E-state index contributed by atoms with van der Waals surface area (Å²) in [4.78, 5) is -0.237. The van der Waals surface area contributed by atoms with Gasteiger partial charge in [-0.05, 0) is 42.5 Å². The maximum Gasteiger partial charge on any atom is 0.279 e. The number of halogens is 2. The zero-order valence-corrected chi connectivity index (χ0v) is 17.4. The Morgan fingerprint density at radius 1 is 0.821 bits per heavy atom. The minimum absolute atomic E-state index is 0.00867. The molecule has 28 heavy (non-hydrogen) atoms. The van der Waals surface area contributed by atoms with Crippen LogP contribution in [0.3, 0.4) is 0 Å². The first-order valence-electron chi connectivity index (χ1n) is 7.68. The monoisotopic (exact) mass is 460 g/mol. The molecule has 0 fully saturated rings. The summed E-state index contributed by atoms with van der Waals surface area (Å²) in [5.41, 5.74) is 0.458. The molecule has 3 aromatic rings. The Balaban J connectivity index is 1.81. The topological polar surface area (TPSA) is 110 Å². The van der Waals surface area contributed by atoms with Crippen LogP contribution in [0.4, 0.5) is 11.4 Å². The van der Waals surface area contributed by atoms with Crippen LogP contribution in [0.2, 0.25) is 10.0 Å². The first kappa shape index (κ1) is 20.5. The van der Waals surface area contributed by atoms with Gasteiger partial charge in [-0.1, -0.05) is 29.3 Å². The van der Waals surface area contributed by atoms with Gasteiger partial charge in [0, 0.05) is 18.4 Å². The van der Waals surface area contributed by atoms with Crippen LogP contribution in [-0.2, 0) is 27.1 Å². The van der Waals surface area contributed by atoms with Gasteiger partial charge >= 0.3 is 0 Å². The lowest BCUT2D eigenvalue weighted by atomic mass is 10.3. The Bertz CT molecular complexity index is 1200. The number of nitrogens with zero attached hydrogens (tertiary/aromatic N) is 2. The predicted molar refractivity (Wildman–Crippen MR) is 108 cm³/mol. The molecule has 148 valence electrons. The lowest BCUT2D eigenvalue weighted by Crippen LogP contribution is -2.17. The van der Waals surface area contributed by atoms with Crippen molar-refractivity contribution in [1.82, 2.24) is 9.78 Å². The first-order valence-corrected chi connectivity index (χ1v) is 11.4. The van der Waals surface area contributed by atoms with Crippen LogP contribution in [0.1, 0.15) is 0 Å². The molecule has 2 aromatic carbocycles. The molecule has 0 bridgehead atoms. The first-order chi connectivity index (χ1) is 13.1. The largest absolute Gasteiger partial charge is 0.280 e. The van der Waals surface area contributed by atoms with Gasteiger partial charge in [-0.3, -0.25) is 14.1 Å². The van der Waals surface area contributed by atoms with Gasteiger partial charge < -0.3 is 0 Å². The summed E-state index contributed by atoms with van der Waals surface area (Å²) in [6.07, 6.45) is 1.37. The third-order valence-electron chi connectivity index (χ3n) is 3.63. The van der Waals surface area contributed by atoms with Crippen LogP contribution in [0.15, 0.2) is 64.6 Å². The van der Waals surface area contributed by atoms with E-state index >= 15 is 0 Å². The van der Waals surface area contributed by atoms with E-state index < -0.39 is 20.0 Å². The number of rotatable bonds is 6. The van der Waals surface area contributed by atoms with Crippen LogP contribution >= 0.6 is 23.2 Å². The maximum atomic E-state index is 12.5. The van der Waals surface area contributed by atoms with Gasteiger partial charge in [-0.2, -0.15) is 13.5 Å². The van der Waals surface area contributed by atoms with E-state index in [1.807, 2.05) is 0 Å². The molecule has 2 N–H and O–H groups in total. The lowest BCUT2D eigenvalue weighted by Gasteiger charge is -2.12. The van der Waals surface area contributed by atoms with Crippen LogP contribution in [0.25, 0.3) is 0 Å². The molecule has 0 aliphatic rings. The number of anilines is 2. The molecule has 1 aromatic heterocycles. The van der Waals surface area contributed by atoms with Crippen molar-refractivity contribution in [2.75, 3.05) is 9.44 Å². The highest BCUT2D eigenvalue weighted by Gasteiger charge is 2.22. The predicted octanol–water partition coefficient (Wildman–Crippen LogP) is 3.33. The van der Waals surface area contributed by atoms with Crippen LogP contribution in [-0.4, -0.2) is 26.6 Å². The second-order valence-corrected chi connectivity index (χ2v) is 9.70. The summed E-state index contributed by atoms with van der Waals surface area (Å²) in [5, 5.41) is 3.79. The van der Waals surface area contributed by atoms with Crippen molar-refractivity contribution in [2.24, 2.45) is 7.05 Å². The van der Waals surface area contributed by atoms with E-state index in [4.69, 9.17) is 23.2 Å². The molecular formula is C16H14Cl2N4O4S2. The average Bonchev–Trinajstić information content (AvgIpc) is 3.03. The van der Waals surface area contributed by atoms with Crippen molar-refractivity contribution in [3.05, 3.63) is 64.8 Å². The van der Waals surface area contributed by atoms with E-state index in [2.05, 4.69) is 14.5 Å². The second kappa shape index (κ2) is 7.63. The Morgan fingerprint density at radius 2 is 1.32 bits per heavy atom. The summed E-state index contributed by atoms with van der Waals surface area (Å²) < 4.78 is 55.8. The smallest absolute Gasteiger partial charge is 0.279 e. The minimum Gasteiger partial charge on any atom is -0.280 e. The fraction of sp³-hybridized carbons (Fsp3) is 0.0625. The van der Waals surface area contributed by atoms with E-state index in [9.17, 15) is 16.8 Å². The van der Waals surface area contributed by atoms with Crippen LogP contribution in [0, 0.1) is 0 Å². The molecule has 0 radical (unpaired) electrons. The van der Waals surface area contributed by atoms with E-state index in [-0.39, 0.29) is 31.3 Å². The highest BCUT2D eigenvalue weighted by Crippen LogP contribution is 2.30. The minimum atomic E-state index is -4.03. The van der Waals surface area contributed by atoms with Crippen LogP contribution < -0.4 is 9.44 Å². The molecule has 3 rings (SSSR count). The van der Waals surface area contributed by atoms with Crippen molar-refractivity contribution in [2.45, 2.75) is 9.92 Å². The summed E-state index contributed by atoms with van der Waals surface area (Å²) in [7, 11) is -6.35. The number of sulfonamides is 2. The van der Waals surface area contributed by atoms with Gasteiger partial charge in [0.1, 0.15) is 4.90 Å². The highest BCUT2D eigenvalue weighted by molar-refractivity contribution is 7.93. The standard InChI is InChI=1S/C16H14Cl2N4O4S2/c1-22-15(9-10-19-22)27(23,24)20-11-5-7-12(8-6-11)21-28(25,26)16-13(17)3-2-4-14(16)18/h2-10,20-21H,1H3. The zero-order valence-electron chi connectivity index (χ0n) is 14.3. The van der Waals surface area contributed by atoms with Gasteiger partial charge in [0.05, 0.1) is 16.2 Å². The summed E-state index contributed by atoms with van der Waals surface area (Å²) in [6.45, 7) is 0. The summed E-state index contributed by atoms with van der Waals surface area (Å²) in [5.74, 6) is 0. The Morgan fingerprint density at radius 3 is 1.79 bits per heavy atom. The molecule has 0 saturated carbocycles. The SMILES string of the molecule is Cn1nccc1S(=O)(=O)Nc1ccc(NS(=O)(=O)c2c(Cl)cccc2Cl)cc1. The van der Waals surface area contributed by atoms with Crippen molar-refractivity contribution in [3.63, 3.8) is 0 Å². The van der Waals surface area contributed by atoms with E-state index in [0.29, 0.717) is 0 Å². The number of hydrogen-bond acceptors (Lipinski definition) is 5. The van der Waals surface area contributed by atoms with Crippen molar-refractivity contribution < 1.29 is 16.8 Å². The number of aryl methyl sites for hydroxylation is 1. The zero-order chi connectivity index (χ0) is 20.5. The number of benzene rings is 2.